The fourth-order valence-electron chi connectivity index (χ4n) is 4.05. The van der Waals surface area contributed by atoms with Gasteiger partial charge in [-0.2, -0.15) is 5.26 Å². The van der Waals surface area contributed by atoms with Crippen molar-refractivity contribution in [2.45, 2.75) is 37.7 Å². The van der Waals surface area contributed by atoms with Crippen LogP contribution in [0.5, 0.6) is 5.75 Å². The molecule has 0 saturated carbocycles. The van der Waals surface area contributed by atoms with Gasteiger partial charge in [0.1, 0.15) is 11.9 Å². The number of hydrogen-bond acceptors (Lipinski definition) is 4. The zero-order valence-electron chi connectivity index (χ0n) is 13.9. The molecule has 0 saturated heterocycles. The Hall–Kier alpha value is -2.98. The van der Waals surface area contributed by atoms with Crippen LogP contribution in [-0.2, 0) is 15.6 Å². The minimum Gasteiger partial charge on any atom is -0.422 e. The largest absolute Gasteiger partial charge is 0.422 e. The summed E-state index contributed by atoms with van der Waals surface area (Å²) in [5.74, 6) is 0.494. The Labute approximate surface area is 141 Å². The first-order valence-electron chi connectivity index (χ1n) is 7.77. The van der Waals surface area contributed by atoms with Gasteiger partial charge < -0.3 is 9.47 Å². The van der Waals surface area contributed by atoms with Gasteiger partial charge in [0.05, 0.1) is 5.41 Å². The highest BCUT2D eigenvalue weighted by Crippen LogP contribution is 2.54. The van der Waals surface area contributed by atoms with E-state index in [1.165, 1.54) is 5.56 Å². The van der Waals surface area contributed by atoms with Crippen LogP contribution in [-0.4, -0.2) is 6.10 Å². The van der Waals surface area contributed by atoms with Gasteiger partial charge in [-0.05, 0) is 35.7 Å². The first-order chi connectivity index (χ1) is 11.5. The third kappa shape index (κ3) is 2.12. The van der Waals surface area contributed by atoms with Crippen molar-refractivity contribution in [1.82, 2.24) is 0 Å². The van der Waals surface area contributed by atoms with Crippen LogP contribution in [0.2, 0.25) is 0 Å². The summed E-state index contributed by atoms with van der Waals surface area (Å²) in [7, 11) is 0. The molecule has 4 heteroatoms. The molecular formula is C20H18N2O2. The standard InChI is InChI=1S/C20H18N2O2/c1-19(2)16-6-4-5-7-17(16)20(3,18(19)24-13-22)14-8-10-15(11-9-14)23-12-21/h4-11,18H,1-3H3. The molecule has 120 valence electrons. The van der Waals surface area contributed by atoms with Crippen molar-refractivity contribution in [3.8, 4) is 18.3 Å². The molecule has 0 aromatic heterocycles. The van der Waals surface area contributed by atoms with Gasteiger partial charge in [0.15, 0.2) is 0 Å². The third-order valence-electron chi connectivity index (χ3n) is 5.15. The van der Waals surface area contributed by atoms with Crippen molar-refractivity contribution in [2.24, 2.45) is 0 Å². The van der Waals surface area contributed by atoms with Crippen LogP contribution in [0.4, 0.5) is 0 Å². The molecule has 0 radical (unpaired) electrons. The molecule has 1 aliphatic carbocycles. The highest BCUT2D eigenvalue weighted by Gasteiger charge is 2.56. The van der Waals surface area contributed by atoms with Gasteiger partial charge in [0.25, 0.3) is 12.5 Å². The molecule has 0 fully saturated rings. The molecule has 0 amide bonds. The Balaban J connectivity index is 2.19. The number of hydrogen-bond donors (Lipinski definition) is 0. The number of fused-ring (bicyclic) bond motifs is 1. The molecule has 0 N–H and O–H groups in total. The van der Waals surface area contributed by atoms with Gasteiger partial charge in [0.2, 0.25) is 0 Å². The number of rotatable bonds is 3. The monoisotopic (exact) mass is 318 g/mol. The van der Waals surface area contributed by atoms with E-state index in [-0.39, 0.29) is 11.5 Å². The quantitative estimate of drug-likeness (QED) is 0.802. The maximum Gasteiger partial charge on any atom is 0.292 e. The summed E-state index contributed by atoms with van der Waals surface area (Å²) < 4.78 is 10.4. The van der Waals surface area contributed by atoms with Crippen LogP contribution in [0.1, 0.15) is 37.5 Å². The van der Waals surface area contributed by atoms with Gasteiger partial charge in [-0.1, -0.05) is 50.2 Å². The number of ether oxygens (including phenoxy) is 2. The second kappa shape index (κ2) is 5.58. The summed E-state index contributed by atoms with van der Waals surface area (Å²) in [6, 6.07) is 15.6. The second-order valence-corrected chi connectivity index (χ2v) is 6.78. The summed E-state index contributed by atoms with van der Waals surface area (Å²) in [6.45, 7) is 6.31. The van der Waals surface area contributed by atoms with Gasteiger partial charge in [-0.3, -0.25) is 0 Å². The Kier molecular flexibility index (Phi) is 3.70. The summed E-state index contributed by atoms with van der Waals surface area (Å²) in [6.07, 6.45) is 3.24. The number of benzene rings is 2. The van der Waals surface area contributed by atoms with Gasteiger partial charge in [-0.15, -0.1) is 5.26 Å². The average molecular weight is 318 g/mol. The predicted octanol–water partition coefficient (Wildman–Crippen LogP) is 4.01. The lowest BCUT2D eigenvalue weighted by atomic mass is 9.72. The van der Waals surface area contributed by atoms with E-state index in [2.05, 4.69) is 32.9 Å². The zero-order chi connectivity index (χ0) is 17.4. The van der Waals surface area contributed by atoms with E-state index in [4.69, 9.17) is 14.7 Å². The molecule has 3 rings (SSSR count). The number of nitrogens with zero attached hydrogens (tertiary/aromatic N) is 2. The topological polar surface area (TPSA) is 66.0 Å². The van der Waals surface area contributed by atoms with Crippen LogP contribution in [0, 0.1) is 23.0 Å². The van der Waals surface area contributed by atoms with Crippen molar-refractivity contribution in [3.05, 3.63) is 65.2 Å². The minimum absolute atomic E-state index is 0.303. The van der Waals surface area contributed by atoms with E-state index >= 15 is 0 Å². The van der Waals surface area contributed by atoms with Gasteiger partial charge >= 0.3 is 0 Å². The van der Waals surface area contributed by atoms with Crippen molar-refractivity contribution in [1.29, 1.82) is 10.5 Å². The van der Waals surface area contributed by atoms with Gasteiger partial charge in [0, 0.05) is 5.41 Å². The SMILES string of the molecule is CC1(C)c2ccccc2C(C)(c2ccc(OC#N)cc2)C1OC#N. The van der Waals surface area contributed by atoms with E-state index in [1.807, 2.05) is 30.5 Å². The lowest BCUT2D eigenvalue weighted by Crippen LogP contribution is -2.43. The maximum atomic E-state index is 9.20. The van der Waals surface area contributed by atoms with Crippen molar-refractivity contribution in [3.63, 3.8) is 0 Å². The highest BCUT2D eigenvalue weighted by molar-refractivity contribution is 5.55. The van der Waals surface area contributed by atoms with E-state index in [0.717, 1.165) is 11.1 Å². The van der Waals surface area contributed by atoms with E-state index < -0.39 is 5.41 Å². The lowest BCUT2D eigenvalue weighted by molar-refractivity contribution is 0.0592. The van der Waals surface area contributed by atoms with E-state index in [0.29, 0.717) is 5.75 Å². The zero-order valence-corrected chi connectivity index (χ0v) is 13.9. The molecule has 2 aromatic carbocycles. The molecule has 0 spiro atoms. The van der Waals surface area contributed by atoms with Crippen LogP contribution in [0.3, 0.4) is 0 Å². The van der Waals surface area contributed by atoms with Crippen LogP contribution in [0.25, 0.3) is 0 Å². The minimum atomic E-state index is -0.471. The Bertz CT molecular complexity index is 843. The molecular weight excluding hydrogens is 300 g/mol. The lowest BCUT2D eigenvalue weighted by Gasteiger charge is -2.36. The summed E-state index contributed by atoms with van der Waals surface area (Å²) >= 11 is 0. The number of nitriles is 2. The van der Waals surface area contributed by atoms with Crippen LogP contribution < -0.4 is 4.74 Å². The van der Waals surface area contributed by atoms with Crippen molar-refractivity contribution < 1.29 is 9.47 Å². The summed E-state index contributed by atoms with van der Waals surface area (Å²) in [5, 5.41) is 17.8. The molecule has 4 nitrogen and oxygen atoms in total. The molecule has 2 aromatic rings. The first kappa shape index (κ1) is 15.9. The smallest absolute Gasteiger partial charge is 0.292 e. The van der Waals surface area contributed by atoms with E-state index in [1.54, 1.807) is 18.4 Å². The molecule has 0 aliphatic heterocycles. The first-order valence-corrected chi connectivity index (χ1v) is 7.77. The van der Waals surface area contributed by atoms with E-state index in [9.17, 15) is 5.26 Å². The van der Waals surface area contributed by atoms with Crippen LogP contribution >= 0.6 is 0 Å². The molecule has 2 atom stereocenters. The summed E-state index contributed by atoms with van der Waals surface area (Å²) in [5.41, 5.74) is 2.59. The van der Waals surface area contributed by atoms with Crippen molar-refractivity contribution >= 4 is 0 Å². The van der Waals surface area contributed by atoms with Crippen molar-refractivity contribution in [2.75, 3.05) is 0 Å². The fourth-order valence-corrected chi connectivity index (χ4v) is 4.05. The molecule has 1 aliphatic rings. The maximum absolute atomic E-state index is 9.20. The Morgan fingerprint density at radius 1 is 0.875 bits per heavy atom. The second-order valence-electron chi connectivity index (χ2n) is 6.78. The predicted molar refractivity (Wildman–Crippen MR) is 89.1 cm³/mol. The average Bonchev–Trinajstić information content (AvgIpc) is 2.76. The van der Waals surface area contributed by atoms with Crippen LogP contribution in [0.15, 0.2) is 48.5 Å². The molecule has 0 bridgehead atoms. The summed E-state index contributed by atoms with van der Waals surface area (Å²) in [4.78, 5) is 0. The molecule has 2 unspecified atom stereocenters. The van der Waals surface area contributed by atoms with Gasteiger partial charge in [-0.25, -0.2) is 0 Å². The third-order valence-corrected chi connectivity index (χ3v) is 5.15. The molecule has 24 heavy (non-hydrogen) atoms. The normalized spacial score (nSPS) is 23.6. The fraction of sp³-hybridized carbons (Fsp3) is 0.300. The molecule has 0 heterocycles. The highest BCUT2D eigenvalue weighted by atomic mass is 16.5. The Morgan fingerprint density at radius 2 is 1.50 bits per heavy atom. The Morgan fingerprint density at radius 3 is 2.08 bits per heavy atom.